The molecule has 2 atom stereocenters. The van der Waals surface area contributed by atoms with E-state index in [-0.39, 0.29) is 6.04 Å². The molecule has 1 aliphatic carbocycles. The third kappa shape index (κ3) is 3.73. The highest BCUT2D eigenvalue weighted by atomic mass is 79.9. The van der Waals surface area contributed by atoms with Gasteiger partial charge in [-0.25, -0.2) is 4.98 Å². The lowest BCUT2D eigenvalue weighted by Crippen LogP contribution is -2.20. The minimum absolute atomic E-state index is 0.133. The van der Waals surface area contributed by atoms with Gasteiger partial charge in [-0.15, -0.1) is 0 Å². The lowest BCUT2D eigenvalue weighted by molar-refractivity contribution is 0.166. The predicted octanol–water partition coefficient (Wildman–Crippen LogP) is 5.10. The van der Waals surface area contributed by atoms with Crippen molar-refractivity contribution in [2.75, 3.05) is 5.32 Å². The Hall–Kier alpha value is -2.48. The molecule has 0 saturated heterocycles. The zero-order valence-corrected chi connectivity index (χ0v) is 17.8. The number of halogens is 1. The number of nitrogens with zero attached hydrogens (tertiary/aromatic N) is 2. The molecule has 146 valence electrons. The van der Waals surface area contributed by atoms with Gasteiger partial charge in [-0.3, -0.25) is 4.98 Å². The molecular formula is C22H18BrN3O2S. The second-order valence-electron chi connectivity index (χ2n) is 7.00. The van der Waals surface area contributed by atoms with Gasteiger partial charge in [-0.05, 0) is 51.3 Å². The Balaban J connectivity index is 1.34. The Labute approximate surface area is 180 Å². The summed E-state index contributed by atoms with van der Waals surface area (Å²) in [5, 5.41) is 14.7. The summed E-state index contributed by atoms with van der Waals surface area (Å²) in [6, 6.07) is 15.9. The van der Waals surface area contributed by atoms with Gasteiger partial charge < -0.3 is 15.2 Å². The molecule has 2 aromatic carbocycles. The fourth-order valence-electron chi connectivity index (χ4n) is 3.62. The van der Waals surface area contributed by atoms with E-state index >= 15 is 0 Å². The van der Waals surface area contributed by atoms with E-state index in [4.69, 9.17) is 4.74 Å². The number of aliphatic hydroxyl groups excluding tert-OH is 1. The molecule has 1 aliphatic rings. The maximum absolute atomic E-state index is 10.5. The van der Waals surface area contributed by atoms with Crippen molar-refractivity contribution in [1.29, 1.82) is 0 Å². The average Bonchev–Trinajstić information content (AvgIpc) is 3.27. The first-order chi connectivity index (χ1) is 14.2. The molecule has 2 N–H and O–H groups in total. The second kappa shape index (κ2) is 7.74. The number of pyridine rings is 1. The van der Waals surface area contributed by atoms with E-state index in [0.717, 1.165) is 36.7 Å². The monoisotopic (exact) mass is 467 g/mol. The van der Waals surface area contributed by atoms with Gasteiger partial charge >= 0.3 is 0 Å². The number of aromatic nitrogens is 2. The summed E-state index contributed by atoms with van der Waals surface area (Å²) in [4.78, 5) is 8.75. The van der Waals surface area contributed by atoms with Crippen molar-refractivity contribution in [3.63, 3.8) is 0 Å². The molecule has 1 unspecified atom stereocenters. The minimum Gasteiger partial charge on any atom is -0.489 e. The summed E-state index contributed by atoms with van der Waals surface area (Å²) in [6.45, 7) is 0.462. The van der Waals surface area contributed by atoms with Crippen LogP contribution in [0.2, 0.25) is 0 Å². The van der Waals surface area contributed by atoms with Gasteiger partial charge in [-0.1, -0.05) is 35.6 Å². The van der Waals surface area contributed by atoms with Gasteiger partial charge in [0.1, 0.15) is 12.4 Å². The number of rotatable bonds is 5. The number of ether oxygens (including phenoxy) is 1. The standard InChI is InChI=1S/C22H18BrN3O2S/c23-17-11-24-8-7-14(17)12-28-15-5-6-18-20(10-15)29-22(25-18)26-21-16-4-2-1-3-13(16)9-19(21)27/h1-8,10-11,19,21,27H,9,12H2,(H,25,26)/t19-,21?/m0/s1. The number of fused-ring (bicyclic) bond motifs is 2. The smallest absolute Gasteiger partial charge is 0.184 e. The summed E-state index contributed by atoms with van der Waals surface area (Å²) in [5.41, 5.74) is 4.29. The summed E-state index contributed by atoms with van der Waals surface area (Å²) in [7, 11) is 0. The van der Waals surface area contributed by atoms with E-state index in [0.29, 0.717) is 13.0 Å². The largest absolute Gasteiger partial charge is 0.489 e. The highest BCUT2D eigenvalue weighted by Crippen LogP contribution is 2.37. The van der Waals surface area contributed by atoms with Crippen LogP contribution in [-0.4, -0.2) is 21.2 Å². The number of hydrogen-bond donors (Lipinski definition) is 2. The second-order valence-corrected chi connectivity index (χ2v) is 8.88. The van der Waals surface area contributed by atoms with Crippen molar-refractivity contribution in [3.05, 3.63) is 82.1 Å². The number of thiazole rings is 1. The van der Waals surface area contributed by atoms with Crippen LogP contribution in [0.4, 0.5) is 5.13 Å². The lowest BCUT2D eigenvalue weighted by atomic mass is 10.1. The normalized spacial score (nSPS) is 18.0. The van der Waals surface area contributed by atoms with E-state index in [1.54, 1.807) is 23.7 Å². The van der Waals surface area contributed by atoms with Crippen molar-refractivity contribution in [2.45, 2.75) is 25.2 Å². The Bertz CT molecular complexity index is 1180. The van der Waals surface area contributed by atoms with Gasteiger partial charge in [0, 0.05) is 28.9 Å². The molecule has 0 bridgehead atoms. The highest BCUT2D eigenvalue weighted by Gasteiger charge is 2.31. The van der Waals surface area contributed by atoms with Crippen LogP contribution in [0.25, 0.3) is 10.2 Å². The molecule has 7 heteroatoms. The fraction of sp³-hybridized carbons (Fsp3) is 0.182. The minimum atomic E-state index is -0.447. The summed E-state index contributed by atoms with van der Waals surface area (Å²) in [5.74, 6) is 0.794. The molecule has 29 heavy (non-hydrogen) atoms. The van der Waals surface area contributed by atoms with Gasteiger partial charge in [0.05, 0.1) is 22.4 Å². The van der Waals surface area contributed by atoms with Crippen molar-refractivity contribution in [3.8, 4) is 5.75 Å². The molecule has 0 saturated carbocycles. The number of nitrogens with one attached hydrogen (secondary N) is 1. The van der Waals surface area contributed by atoms with Crippen molar-refractivity contribution < 1.29 is 9.84 Å². The predicted molar refractivity (Wildman–Crippen MR) is 118 cm³/mol. The molecule has 0 fully saturated rings. The van der Waals surface area contributed by atoms with E-state index in [9.17, 15) is 5.11 Å². The Kier molecular flexibility index (Phi) is 4.95. The first-order valence-electron chi connectivity index (χ1n) is 9.31. The van der Waals surface area contributed by atoms with Crippen molar-refractivity contribution in [1.82, 2.24) is 9.97 Å². The molecule has 0 radical (unpaired) electrons. The fourth-order valence-corrected chi connectivity index (χ4v) is 4.92. The van der Waals surface area contributed by atoms with Crippen LogP contribution in [-0.2, 0) is 13.0 Å². The van der Waals surface area contributed by atoms with Gasteiger partial charge in [-0.2, -0.15) is 0 Å². The van der Waals surface area contributed by atoms with Crippen LogP contribution in [0.15, 0.2) is 65.4 Å². The molecular weight excluding hydrogens is 450 g/mol. The first-order valence-corrected chi connectivity index (χ1v) is 10.9. The maximum atomic E-state index is 10.5. The summed E-state index contributed by atoms with van der Waals surface area (Å²) >= 11 is 5.06. The topological polar surface area (TPSA) is 67.3 Å². The zero-order valence-electron chi connectivity index (χ0n) is 15.4. The SMILES string of the molecule is O[C@H]1Cc2ccccc2C1Nc1nc2ccc(OCc3ccncc3Br)cc2s1. The molecule has 0 spiro atoms. The summed E-state index contributed by atoms with van der Waals surface area (Å²) in [6.07, 6.45) is 3.74. The van der Waals surface area contributed by atoms with E-state index < -0.39 is 6.10 Å². The third-order valence-corrected chi connectivity index (χ3v) is 6.76. The number of aliphatic hydroxyl groups is 1. The maximum Gasteiger partial charge on any atom is 0.184 e. The Morgan fingerprint density at radius 2 is 2.10 bits per heavy atom. The van der Waals surface area contributed by atoms with Crippen LogP contribution >= 0.6 is 27.3 Å². The molecule has 2 aromatic heterocycles. The molecule has 5 rings (SSSR count). The molecule has 2 heterocycles. The van der Waals surface area contributed by atoms with Crippen LogP contribution in [0.1, 0.15) is 22.7 Å². The molecule has 0 amide bonds. The van der Waals surface area contributed by atoms with Crippen LogP contribution < -0.4 is 10.1 Å². The first kappa shape index (κ1) is 18.5. The van der Waals surface area contributed by atoms with E-state index in [1.807, 2.05) is 36.4 Å². The average molecular weight is 468 g/mol. The van der Waals surface area contributed by atoms with E-state index in [2.05, 4.69) is 43.3 Å². The van der Waals surface area contributed by atoms with Gasteiger partial charge in [0.15, 0.2) is 5.13 Å². The molecule has 4 aromatic rings. The quantitative estimate of drug-likeness (QED) is 0.427. The summed E-state index contributed by atoms with van der Waals surface area (Å²) < 4.78 is 7.92. The third-order valence-electron chi connectivity index (χ3n) is 5.09. The number of anilines is 1. The highest BCUT2D eigenvalue weighted by molar-refractivity contribution is 9.10. The van der Waals surface area contributed by atoms with Crippen LogP contribution in [0.5, 0.6) is 5.75 Å². The number of hydrogen-bond acceptors (Lipinski definition) is 6. The lowest BCUT2D eigenvalue weighted by Gasteiger charge is -2.16. The molecule has 0 aliphatic heterocycles. The zero-order chi connectivity index (χ0) is 19.8. The van der Waals surface area contributed by atoms with Crippen LogP contribution in [0.3, 0.4) is 0 Å². The Morgan fingerprint density at radius 1 is 1.21 bits per heavy atom. The molecule has 5 nitrogen and oxygen atoms in total. The van der Waals surface area contributed by atoms with Crippen molar-refractivity contribution >= 4 is 42.6 Å². The van der Waals surface area contributed by atoms with Gasteiger partial charge in [0.2, 0.25) is 0 Å². The van der Waals surface area contributed by atoms with Gasteiger partial charge in [0.25, 0.3) is 0 Å². The van der Waals surface area contributed by atoms with Crippen LogP contribution in [0, 0.1) is 0 Å². The van der Waals surface area contributed by atoms with Crippen molar-refractivity contribution in [2.24, 2.45) is 0 Å². The Morgan fingerprint density at radius 3 is 3.00 bits per heavy atom. The number of benzene rings is 2. The van der Waals surface area contributed by atoms with E-state index in [1.165, 1.54) is 5.56 Å².